The topological polar surface area (TPSA) is 70.5 Å². The largest absolute Gasteiger partial charge is 0.532 e. The Hall–Kier alpha value is -3.76. The number of ketones is 1. The quantitative estimate of drug-likeness (QED) is 0.247. The van der Waals surface area contributed by atoms with E-state index < -0.39 is 8.60 Å². The summed E-state index contributed by atoms with van der Waals surface area (Å²) in [5.41, 5.74) is 4.39. The summed E-state index contributed by atoms with van der Waals surface area (Å²) in [5.74, 6) is 1.12. The van der Waals surface area contributed by atoms with Crippen LogP contribution in [0.1, 0.15) is 46.0 Å². The predicted octanol–water partition coefficient (Wildman–Crippen LogP) is 6.33. The van der Waals surface area contributed by atoms with E-state index in [0.717, 1.165) is 35.1 Å². The molecule has 170 valence electrons. The van der Waals surface area contributed by atoms with Crippen LogP contribution in [-0.4, -0.2) is 15.8 Å². The normalized spacial score (nSPS) is 12.1. The minimum Gasteiger partial charge on any atom is -0.408 e. The summed E-state index contributed by atoms with van der Waals surface area (Å²) in [6.45, 7) is 2.12. The number of nitrogens with zero attached hydrogens (tertiary/aromatic N) is 2. The number of benzene rings is 2. The zero-order valence-electron chi connectivity index (χ0n) is 18.7. The summed E-state index contributed by atoms with van der Waals surface area (Å²) in [7, 11) is -1.98. The molecule has 0 amide bonds. The van der Waals surface area contributed by atoms with E-state index in [9.17, 15) is 4.79 Å². The second-order valence-corrected chi connectivity index (χ2v) is 8.83. The fraction of sp³-hybridized carbons (Fsp3) is 0.148. The van der Waals surface area contributed by atoms with Crippen molar-refractivity contribution in [3.8, 4) is 17.5 Å². The molecule has 0 radical (unpaired) electrons. The molecule has 0 bridgehead atoms. The number of carbonyl (C=O) groups excluding carboxylic acids is 1. The molecule has 2 heterocycles. The number of pyridine rings is 2. The number of hydrogen-bond donors (Lipinski definition) is 0. The van der Waals surface area contributed by atoms with Crippen LogP contribution in [0.4, 0.5) is 0 Å². The number of carbonyl (C=O) groups is 1. The fourth-order valence-electron chi connectivity index (χ4n) is 4.05. The first kappa shape index (κ1) is 22.1. The van der Waals surface area contributed by atoms with Crippen LogP contribution in [0.15, 0.2) is 85.2 Å². The second kappa shape index (κ2) is 10.0. The Balaban J connectivity index is 1.49. The van der Waals surface area contributed by atoms with Crippen molar-refractivity contribution < 1.29 is 18.4 Å². The lowest BCUT2D eigenvalue weighted by atomic mass is 9.81. The number of aryl methyl sites for hydroxylation is 1. The lowest BCUT2D eigenvalue weighted by Crippen LogP contribution is -2.19. The van der Waals surface area contributed by atoms with E-state index in [2.05, 4.69) is 16.9 Å². The van der Waals surface area contributed by atoms with Crippen LogP contribution in [0.25, 0.3) is 0 Å². The molecule has 1 aliphatic carbocycles. The van der Waals surface area contributed by atoms with Gasteiger partial charge in [-0.2, -0.15) is 0 Å². The standard InChI is InChI=1S/C27H23N2O4P/c1-2-9-19-10-7-11-20-18-21-12-8-13-22(26(21)27(30)25(19)20)31-34(32-23-14-3-5-16-28-23)33-24-15-4-6-17-29-24/h3-8,10-17H,2,9,18H2,1H3. The maximum atomic E-state index is 13.7. The van der Waals surface area contributed by atoms with Gasteiger partial charge in [0.1, 0.15) is 5.75 Å². The molecule has 0 fully saturated rings. The monoisotopic (exact) mass is 470 g/mol. The molecule has 0 saturated heterocycles. The van der Waals surface area contributed by atoms with Crippen molar-refractivity contribution in [2.24, 2.45) is 0 Å². The minimum atomic E-state index is -1.98. The van der Waals surface area contributed by atoms with Gasteiger partial charge in [-0.25, -0.2) is 9.97 Å². The molecule has 0 saturated carbocycles. The molecular formula is C27H23N2O4P. The first-order valence-corrected chi connectivity index (χ1v) is 12.3. The van der Waals surface area contributed by atoms with Crippen LogP contribution < -0.4 is 13.6 Å². The molecular weight excluding hydrogens is 447 g/mol. The second-order valence-electron chi connectivity index (χ2n) is 7.83. The lowest BCUT2D eigenvalue weighted by Gasteiger charge is -2.24. The molecule has 34 heavy (non-hydrogen) atoms. The van der Waals surface area contributed by atoms with Gasteiger partial charge in [0.2, 0.25) is 11.8 Å². The molecule has 4 aromatic rings. The average molecular weight is 470 g/mol. The van der Waals surface area contributed by atoms with Crippen LogP contribution in [-0.2, 0) is 12.8 Å². The Bertz CT molecular complexity index is 1260. The van der Waals surface area contributed by atoms with Crippen LogP contribution in [0.3, 0.4) is 0 Å². The molecule has 2 aromatic heterocycles. The first-order valence-electron chi connectivity index (χ1n) is 11.2. The van der Waals surface area contributed by atoms with E-state index in [1.807, 2.05) is 42.5 Å². The van der Waals surface area contributed by atoms with Gasteiger partial charge < -0.3 is 13.6 Å². The maximum Gasteiger partial charge on any atom is 0.532 e. The van der Waals surface area contributed by atoms with Crippen molar-refractivity contribution in [3.63, 3.8) is 0 Å². The van der Waals surface area contributed by atoms with Gasteiger partial charge in [0, 0.05) is 30.1 Å². The highest BCUT2D eigenvalue weighted by Crippen LogP contribution is 2.44. The zero-order chi connectivity index (χ0) is 23.3. The highest BCUT2D eigenvalue weighted by atomic mass is 31.2. The van der Waals surface area contributed by atoms with E-state index in [4.69, 9.17) is 13.6 Å². The number of hydrogen-bond acceptors (Lipinski definition) is 6. The van der Waals surface area contributed by atoms with Crippen molar-refractivity contribution in [2.75, 3.05) is 0 Å². The van der Waals surface area contributed by atoms with Crippen molar-refractivity contribution in [1.82, 2.24) is 9.97 Å². The summed E-state index contributed by atoms with van der Waals surface area (Å²) in [5, 5.41) is 0. The Morgan fingerprint density at radius 2 is 1.41 bits per heavy atom. The Morgan fingerprint density at radius 1 is 0.765 bits per heavy atom. The molecule has 1 aliphatic rings. The SMILES string of the molecule is CCCc1cccc2c1C(=O)c1c(cccc1OP(Oc1ccccn1)Oc1ccccn1)C2. The number of rotatable bonds is 8. The van der Waals surface area contributed by atoms with Gasteiger partial charge in [0.15, 0.2) is 5.78 Å². The van der Waals surface area contributed by atoms with Crippen molar-refractivity contribution in [3.05, 3.63) is 113 Å². The van der Waals surface area contributed by atoms with E-state index in [1.165, 1.54) is 0 Å². The van der Waals surface area contributed by atoms with Crippen LogP contribution >= 0.6 is 8.60 Å². The van der Waals surface area contributed by atoms with Gasteiger partial charge in [-0.3, -0.25) is 4.79 Å². The molecule has 0 atom stereocenters. The van der Waals surface area contributed by atoms with Gasteiger partial charge in [0.05, 0.1) is 5.56 Å². The van der Waals surface area contributed by atoms with Crippen molar-refractivity contribution >= 4 is 14.4 Å². The molecule has 2 aromatic carbocycles. The lowest BCUT2D eigenvalue weighted by molar-refractivity contribution is 0.103. The maximum absolute atomic E-state index is 13.7. The van der Waals surface area contributed by atoms with Gasteiger partial charge in [-0.05, 0) is 47.7 Å². The van der Waals surface area contributed by atoms with E-state index in [0.29, 0.717) is 29.5 Å². The zero-order valence-corrected chi connectivity index (χ0v) is 19.6. The summed E-state index contributed by atoms with van der Waals surface area (Å²) in [6.07, 6.45) is 5.75. The summed E-state index contributed by atoms with van der Waals surface area (Å²) in [6, 6.07) is 22.4. The highest BCUT2D eigenvalue weighted by molar-refractivity contribution is 7.43. The smallest absolute Gasteiger partial charge is 0.408 e. The Kier molecular flexibility index (Phi) is 6.50. The number of aromatic nitrogens is 2. The average Bonchev–Trinajstić information content (AvgIpc) is 2.85. The summed E-state index contributed by atoms with van der Waals surface area (Å²) < 4.78 is 18.1. The highest BCUT2D eigenvalue weighted by Gasteiger charge is 2.31. The van der Waals surface area contributed by atoms with E-state index in [-0.39, 0.29) is 5.78 Å². The van der Waals surface area contributed by atoms with Crippen molar-refractivity contribution in [1.29, 1.82) is 0 Å². The molecule has 6 nitrogen and oxygen atoms in total. The van der Waals surface area contributed by atoms with Crippen LogP contribution in [0.5, 0.6) is 17.5 Å². The first-order chi connectivity index (χ1) is 16.7. The minimum absolute atomic E-state index is 0.0264. The molecule has 0 N–H and O–H groups in total. The van der Waals surface area contributed by atoms with Crippen LogP contribution in [0, 0.1) is 0 Å². The van der Waals surface area contributed by atoms with Gasteiger partial charge in [0.25, 0.3) is 0 Å². The van der Waals surface area contributed by atoms with Gasteiger partial charge in [-0.1, -0.05) is 55.8 Å². The molecule has 0 aliphatic heterocycles. The Morgan fingerprint density at radius 3 is 2.03 bits per heavy atom. The third-order valence-corrected chi connectivity index (χ3v) is 6.51. The van der Waals surface area contributed by atoms with Gasteiger partial charge >= 0.3 is 8.60 Å². The van der Waals surface area contributed by atoms with Gasteiger partial charge in [-0.15, -0.1) is 0 Å². The Labute approximate surface area is 199 Å². The van der Waals surface area contributed by atoms with E-state index in [1.54, 1.807) is 42.7 Å². The number of fused-ring (bicyclic) bond motifs is 2. The summed E-state index contributed by atoms with van der Waals surface area (Å²) >= 11 is 0. The molecule has 7 heteroatoms. The summed E-state index contributed by atoms with van der Waals surface area (Å²) in [4.78, 5) is 22.2. The molecule has 0 spiro atoms. The molecule has 5 rings (SSSR count). The van der Waals surface area contributed by atoms with Crippen LogP contribution in [0.2, 0.25) is 0 Å². The third kappa shape index (κ3) is 4.63. The van der Waals surface area contributed by atoms with Crippen molar-refractivity contribution in [2.45, 2.75) is 26.2 Å². The third-order valence-electron chi connectivity index (χ3n) is 5.49. The predicted molar refractivity (Wildman–Crippen MR) is 130 cm³/mol. The molecule has 0 unspecified atom stereocenters. The fourth-order valence-corrected chi connectivity index (χ4v) is 4.99. The van der Waals surface area contributed by atoms with E-state index >= 15 is 0 Å².